The van der Waals surface area contributed by atoms with Crippen LogP contribution in [0.3, 0.4) is 0 Å². The Kier molecular flexibility index (Phi) is 14.0. The zero-order chi connectivity index (χ0) is 38.8. The molecule has 0 aromatic heterocycles. The largest absolute Gasteiger partial charge is 0.350 e. The Morgan fingerprint density at radius 1 is 0.907 bits per heavy atom. The Morgan fingerprint density at radius 3 is 1.98 bits per heavy atom. The van der Waals surface area contributed by atoms with Gasteiger partial charge in [-0.2, -0.15) is 0 Å². The van der Waals surface area contributed by atoms with E-state index in [4.69, 9.17) is 12.2 Å². The Balaban J connectivity index is 1.13. The summed E-state index contributed by atoms with van der Waals surface area (Å²) < 4.78 is 0. The molecule has 12 nitrogen and oxygen atoms in total. The highest BCUT2D eigenvalue weighted by molar-refractivity contribution is 7.99. The molecule has 6 N–H and O–H groups in total. The van der Waals surface area contributed by atoms with Gasteiger partial charge < -0.3 is 26.6 Å². The maximum atomic E-state index is 13.8. The fraction of sp³-hybridized carbons (Fsp3) is 0.400. The molecule has 5 rings (SSSR count). The molecule has 0 aliphatic carbocycles. The SMILES string of the molecule is CN[C@@H](C)C(=S)N1C(=O)[C@@H]1CCSC1CC(C)(C)[C@@H](C(=O)N[C@@H](C(=O)NCc2ccc(CNC(=O)[C@@H](NC=O)c3ccccc3)cc2)c2ccccc2)N1. The van der Waals surface area contributed by atoms with E-state index in [1.165, 1.54) is 0 Å². The number of hydrogen-bond acceptors (Lipinski definition) is 9. The first-order valence-corrected chi connectivity index (χ1v) is 19.5. The summed E-state index contributed by atoms with van der Waals surface area (Å²) in [5, 5.41) is 18.0. The molecule has 2 saturated heterocycles. The molecule has 3 aromatic rings. The van der Waals surface area contributed by atoms with Gasteiger partial charge >= 0.3 is 0 Å². The molecule has 0 spiro atoms. The Morgan fingerprint density at radius 2 is 1.44 bits per heavy atom. The number of thiocarbonyl (C=S) groups is 1. The standard InChI is InChI=1S/C40H49N7O5S2/c1-25(41-4)39(53)47-30(38(47)52)19-20-54-31-21-40(2,3)34(45-31)37(51)46-33(29-13-9-6-10-14-29)36(50)43-23-27-17-15-26(16-18-27)22-42-35(49)32(44-24-48)28-11-7-5-8-12-28/h5-18,24-25,30-34,41,45H,19-23H2,1-4H3,(H,42,49)(H,43,50)(H,44,48)(H,46,51)/t25-,30-,31?,32-,33+,34+,47?/m0/s1. The minimum absolute atomic E-state index is 0.0137. The zero-order valence-electron chi connectivity index (χ0n) is 31.0. The zero-order valence-corrected chi connectivity index (χ0v) is 32.6. The number of carbonyl (C=O) groups excluding carboxylic acids is 5. The lowest BCUT2D eigenvalue weighted by atomic mass is 9.84. The molecule has 286 valence electrons. The summed E-state index contributed by atoms with van der Waals surface area (Å²) in [4.78, 5) is 66.1. The van der Waals surface area contributed by atoms with Crippen LogP contribution in [0.15, 0.2) is 84.9 Å². The topological polar surface area (TPSA) is 161 Å². The Bertz CT molecular complexity index is 1800. The van der Waals surface area contributed by atoms with Gasteiger partial charge in [-0.3, -0.25) is 34.2 Å². The first-order chi connectivity index (χ1) is 25.9. The van der Waals surface area contributed by atoms with Crippen molar-refractivity contribution < 1.29 is 24.0 Å². The number of nitrogens with zero attached hydrogens (tertiary/aromatic N) is 1. The van der Waals surface area contributed by atoms with Gasteiger partial charge in [0.05, 0.1) is 17.5 Å². The van der Waals surface area contributed by atoms with Crippen molar-refractivity contribution in [1.29, 1.82) is 0 Å². The molecule has 54 heavy (non-hydrogen) atoms. The Labute approximate surface area is 326 Å². The van der Waals surface area contributed by atoms with Crippen LogP contribution in [0.2, 0.25) is 0 Å². The van der Waals surface area contributed by atoms with E-state index in [-0.39, 0.29) is 59.6 Å². The van der Waals surface area contributed by atoms with E-state index < -0.39 is 18.1 Å². The second-order valence-corrected chi connectivity index (χ2v) is 16.0. The highest BCUT2D eigenvalue weighted by atomic mass is 32.2. The molecule has 14 heteroatoms. The first-order valence-electron chi connectivity index (χ1n) is 18.1. The highest BCUT2D eigenvalue weighted by Gasteiger charge is 2.49. The third kappa shape index (κ3) is 10.3. The van der Waals surface area contributed by atoms with Gasteiger partial charge in [-0.25, -0.2) is 0 Å². The second kappa shape index (κ2) is 18.6. The minimum atomic E-state index is -0.911. The number of thioether (sulfide) groups is 1. The van der Waals surface area contributed by atoms with Gasteiger partial charge in [0, 0.05) is 13.1 Å². The maximum Gasteiger partial charge on any atom is 0.251 e. The summed E-state index contributed by atoms with van der Waals surface area (Å²) in [5.74, 6) is -0.129. The lowest BCUT2D eigenvalue weighted by Crippen LogP contribution is -2.51. The predicted octanol–water partition coefficient (Wildman–Crippen LogP) is 3.25. The van der Waals surface area contributed by atoms with Gasteiger partial charge in [-0.15, -0.1) is 11.8 Å². The average Bonchev–Trinajstić information content (AvgIpc) is 3.71. The van der Waals surface area contributed by atoms with Crippen molar-refractivity contribution >= 4 is 59.0 Å². The fourth-order valence-electron chi connectivity index (χ4n) is 6.56. The van der Waals surface area contributed by atoms with Crippen LogP contribution in [0.1, 0.15) is 68.0 Å². The minimum Gasteiger partial charge on any atom is -0.350 e. The van der Waals surface area contributed by atoms with E-state index >= 15 is 0 Å². The number of benzene rings is 3. The summed E-state index contributed by atoms with van der Waals surface area (Å²) in [6.07, 6.45) is 1.94. The monoisotopic (exact) mass is 771 g/mol. The second-order valence-electron chi connectivity index (χ2n) is 14.2. The van der Waals surface area contributed by atoms with Crippen LogP contribution in [0.4, 0.5) is 0 Å². The predicted molar refractivity (Wildman–Crippen MR) is 214 cm³/mol. The third-order valence-electron chi connectivity index (χ3n) is 9.89. The maximum absolute atomic E-state index is 13.8. The van der Waals surface area contributed by atoms with E-state index in [2.05, 4.69) is 31.9 Å². The molecule has 6 atom stereocenters. The third-order valence-corrected chi connectivity index (χ3v) is 11.6. The molecule has 2 aliphatic heterocycles. The van der Waals surface area contributed by atoms with Gasteiger partial charge in [-0.1, -0.05) is 111 Å². The van der Waals surface area contributed by atoms with Crippen molar-refractivity contribution in [2.75, 3.05) is 12.8 Å². The van der Waals surface area contributed by atoms with Crippen LogP contribution in [0.25, 0.3) is 0 Å². The average molecular weight is 772 g/mol. The number of amides is 5. The summed E-state index contributed by atoms with van der Waals surface area (Å²) in [7, 11) is 1.82. The van der Waals surface area contributed by atoms with Crippen LogP contribution < -0.4 is 31.9 Å². The number of carbonyl (C=O) groups is 5. The van der Waals surface area contributed by atoms with E-state index in [1.54, 1.807) is 40.9 Å². The first kappa shape index (κ1) is 40.6. The van der Waals surface area contributed by atoms with E-state index in [0.29, 0.717) is 28.9 Å². The number of likely N-dealkylation sites (N-methyl/N-ethyl adjacent to an activating group) is 1. The van der Waals surface area contributed by atoms with Crippen molar-refractivity contribution in [2.24, 2.45) is 5.41 Å². The quantitative estimate of drug-likeness (QED) is 0.0649. The Hall–Kier alpha value is -4.63. The lowest BCUT2D eigenvalue weighted by Gasteiger charge is -2.27. The normalized spacial score (nSPS) is 20.3. The van der Waals surface area contributed by atoms with Crippen LogP contribution >= 0.6 is 24.0 Å². The summed E-state index contributed by atoms with van der Waals surface area (Å²) in [5.41, 5.74) is 2.66. The smallest absolute Gasteiger partial charge is 0.251 e. The number of nitrogens with one attached hydrogen (secondary N) is 6. The summed E-state index contributed by atoms with van der Waals surface area (Å²) in [6.45, 7) is 6.52. The van der Waals surface area contributed by atoms with Crippen molar-refractivity contribution in [1.82, 2.24) is 36.8 Å². The van der Waals surface area contributed by atoms with Gasteiger partial charge in [0.1, 0.15) is 23.1 Å². The highest BCUT2D eigenvalue weighted by Crippen LogP contribution is 2.39. The van der Waals surface area contributed by atoms with Crippen molar-refractivity contribution in [3.05, 3.63) is 107 Å². The molecule has 1 unspecified atom stereocenters. The molecule has 2 heterocycles. The molecule has 0 bridgehead atoms. The van der Waals surface area contributed by atoms with Gasteiger partial charge in [0.15, 0.2) is 0 Å². The fourth-order valence-corrected chi connectivity index (χ4v) is 8.31. The molecule has 0 saturated carbocycles. The van der Waals surface area contributed by atoms with Crippen molar-refractivity contribution in [3.8, 4) is 0 Å². The number of rotatable bonds is 18. The molecule has 3 aromatic carbocycles. The van der Waals surface area contributed by atoms with Crippen molar-refractivity contribution in [3.63, 3.8) is 0 Å². The van der Waals surface area contributed by atoms with E-state index in [9.17, 15) is 24.0 Å². The summed E-state index contributed by atoms with van der Waals surface area (Å²) >= 11 is 7.15. The van der Waals surface area contributed by atoms with Crippen molar-refractivity contribution in [2.45, 2.75) is 82.3 Å². The molecule has 2 fully saturated rings. The lowest BCUT2D eigenvalue weighted by molar-refractivity contribution is -0.131. The molecule has 0 radical (unpaired) electrons. The molecular formula is C40H49N7O5S2. The van der Waals surface area contributed by atoms with E-state index in [1.807, 2.05) is 88.5 Å². The van der Waals surface area contributed by atoms with Crippen LogP contribution in [-0.4, -0.2) is 76.2 Å². The number of hydrogen-bond donors (Lipinski definition) is 6. The van der Waals surface area contributed by atoms with Crippen LogP contribution in [0.5, 0.6) is 0 Å². The van der Waals surface area contributed by atoms with E-state index in [0.717, 1.165) is 23.3 Å². The van der Waals surface area contributed by atoms with Gasteiger partial charge in [0.2, 0.25) is 24.1 Å². The molecule has 2 aliphatic rings. The molecular weight excluding hydrogens is 723 g/mol. The summed E-state index contributed by atoms with van der Waals surface area (Å²) in [6, 6.07) is 23.1. The van der Waals surface area contributed by atoms with Gasteiger partial charge in [-0.05, 0) is 60.2 Å². The van der Waals surface area contributed by atoms with Crippen LogP contribution in [0, 0.1) is 5.41 Å². The van der Waals surface area contributed by atoms with Gasteiger partial charge in [0.25, 0.3) is 5.91 Å². The molecule has 5 amide bonds. The van der Waals surface area contributed by atoms with Crippen LogP contribution in [-0.2, 0) is 37.1 Å².